The zero-order valence-electron chi connectivity index (χ0n) is 12.0. The van der Waals surface area contributed by atoms with Crippen molar-refractivity contribution in [3.63, 3.8) is 0 Å². The number of anilines is 1. The lowest BCUT2D eigenvalue weighted by molar-refractivity contribution is -0.116. The van der Waals surface area contributed by atoms with Gasteiger partial charge in [-0.25, -0.2) is 0 Å². The molecular formula is C17H15Cl2NO2. The zero-order chi connectivity index (χ0) is 16.1. The van der Waals surface area contributed by atoms with Gasteiger partial charge in [-0.2, -0.15) is 0 Å². The predicted octanol–water partition coefficient (Wildman–Crippen LogP) is 4.77. The second-order valence-corrected chi connectivity index (χ2v) is 5.70. The molecule has 0 spiro atoms. The Bertz CT molecular complexity index is 693. The van der Waals surface area contributed by atoms with E-state index in [9.17, 15) is 9.59 Å². The van der Waals surface area contributed by atoms with Gasteiger partial charge in [-0.05, 0) is 43.2 Å². The van der Waals surface area contributed by atoms with Crippen molar-refractivity contribution >= 4 is 40.6 Å². The van der Waals surface area contributed by atoms with E-state index in [4.69, 9.17) is 23.2 Å². The molecule has 0 atom stereocenters. The highest BCUT2D eigenvalue weighted by Crippen LogP contribution is 2.25. The Hall–Kier alpha value is -1.84. The van der Waals surface area contributed by atoms with Gasteiger partial charge < -0.3 is 5.32 Å². The SMILES string of the molecule is CC(=O)c1cccc(NC(=O)CCc2c(Cl)cccc2Cl)c1. The van der Waals surface area contributed by atoms with Gasteiger partial charge in [0.05, 0.1) is 0 Å². The van der Waals surface area contributed by atoms with Crippen LogP contribution in [0.2, 0.25) is 10.0 Å². The molecule has 1 N–H and O–H groups in total. The average molecular weight is 336 g/mol. The van der Waals surface area contributed by atoms with Crippen LogP contribution in [-0.2, 0) is 11.2 Å². The largest absolute Gasteiger partial charge is 0.326 e. The van der Waals surface area contributed by atoms with Crippen LogP contribution in [0.1, 0.15) is 29.3 Å². The molecule has 0 aliphatic heterocycles. The fourth-order valence-electron chi connectivity index (χ4n) is 2.05. The first-order valence-electron chi connectivity index (χ1n) is 6.81. The van der Waals surface area contributed by atoms with E-state index in [0.717, 1.165) is 5.56 Å². The molecule has 5 heteroatoms. The molecule has 114 valence electrons. The van der Waals surface area contributed by atoms with Crippen molar-refractivity contribution in [1.82, 2.24) is 0 Å². The van der Waals surface area contributed by atoms with E-state index in [-0.39, 0.29) is 18.1 Å². The van der Waals surface area contributed by atoms with E-state index in [2.05, 4.69) is 5.32 Å². The Labute approximate surface area is 139 Å². The summed E-state index contributed by atoms with van der Waals surface area (Å²) in [6.07, 6.45) is 0.713. The highest BCUT2D eigenvalue weighted by molar-refractivity contribution is 6.36. The van der Waals surface area contributed by atoms with Gasteiger partial charge in [0.1, 0.15) is 0 Å². The first-order chi connectivity index (χ1) is 10.5. The van der Waals surface area contributed by atoms with E-state index < -0.39 is 0 Å². The van der Waals surface area contributed by atoms with Gasteiger partial charge in [0.25, 0.3) is 0 Å². The van der Waals surface area contributed by atoms with Gasteiger partial charge in [-0.15, -0.1) is 0 Å². The third-order valence-electron chi connectivity index (χ3n) is 3.22. The number of Topliss-reactive ketones (excluding diaryl/α,β-unsaturated/α-hetero) is 1. The number of carbonyl (C=O) groups is 2. The minimum absolute atomic E-state index is 0.0426. The second-order valence-electron chi connectivity index (χ2n) is 4.89. The molecule has 22 heavy (non-hydrogen) atoms. The van der Waals surface area contributed by atoms with Crippen LogP contribution in [-0.4, -0.2) is 11.7 Å². The molecule has 0 fully saturated rings. The number of nitrogens with one attached hydrogen (secondary N) is 1. The van der Waals surface area contributed by atoms with Crippen molar-refractivity contribution in [3.05, 3.63) is 63.6 Å². The smallest absolute Gasteiger partial charge is 0.224 e. The van der Waals surface area contributed by atoms with Gasteiger partial charge >= 0.3 is 0 Å². The van der Waals surface area contributed by atoms with Crippen LogP contribution in [0.5, 0.6) is 0 Å². The number of amides is 1. The molecule has 0 radical (unpaired) electrons. The molecule has 0 aromatic heterocycles. The van der Waals surface area contributed by atoms with Crippen LogP contribution >= 0.6 is 23.2 Å². The number of rotatable bonds is 5. The topological polar surface area (TPSA) is 46.2 Å². The van der Waals surface area contributed by atoms with Crippen molar-refractivity contribution in [3.8, 4) is 0 Å². The highest BCUT2D eigenvalue weighted by Gasteiger charge is 2.09. The quantitative estimate of drug-likeness (QED) is 0.800. The lowest BCUT2D eigenvalue weighted by Gasteiger charge is -2.08. The molecule has 0 heterocycles. The van der Waals surface area contributed by atoms with E-state index >= 15 is 0 Å². The van der Waals surface area contributed by atoms with Gasteiger partial charge in [-0.1, -0.05) is 41.4 Å². The Morgan fingerprint density at radius 1 is 1.05 bits per heavy atom. The summed E-state index contributed by atoms with van der Waals surface area (Å²) in [6.45, 7) is 1.49. The van der Waals surface area contributed by atoms with E-state index in [1.54, 1.807) is 42.5 Å². The second kappa shape index (κ2) is 7.43. The summed E-state index contributed by atoms with van der Waals surface area (Å²) in [4.78, 5) is 23.3. The normalized spacial score (nSPS) is 10.3. The molecule has 2 aromatic rings. The minimum Gasteiger partial charge on any atom is -0.326 e. The Morgan fingerprint density at radius 3 is 2.32 bits per heavy atom. The van der Waals surface area contributed by atoms with E-state index in [1.165, 1.54) is 6.92 Å². The number of ketones is 1. The van der Waals surface area contributed by atoms with Crippen LogP contribution in [0.25, 0.3) is 0 Å². The van der Waals surface area contributed by atoms with Crippen molar-refractivity contribution in [2.75, 3.05) is 5.32 Å². The maximum atomic E-state index is 12.0. The van der Waals surface area contributed by atoms with Gasteiger partial charge in [0.2, 0.25) is 5.91 Å². The number of hydrogen-bond donors (Lipinski definition) is 1. The Morgan fingerprint density at radius 2 is 1.68 bits per heavy atom. The number of halogens is 2. The van der Waals surface area contributed by atoms with Crippen molar-refractivity contribution < 1.29 is 9.59 Å². The Kier molecular flexibility index (Phi) is 5.58. The summed E-state index contributed by atoms with van der Waals surface area (Å²) in [6, 6.07) is 12.1. The maximum absolute atomic E-state index is 12.0. The standard InChI is InChI=1S/C17H15Cl2NO2/c1-11(21)12-4-2-5-13(10-12)20-17(22)9-8-14-15(18)6-3-7-16(14)19/h2-7,10H,8-9H2,1H3,(H,20,22). The van der Waals surface area contributed by atoms with Crippen LogP contribution in [0.15, 0.2) is 42.5 Å². The molecule has 0 saturated carbocycles. The number of carbonyl (C=O) groups excluding carboxylic acids is 2. The molecule has 0 aliphatic rings. The zero-order valence-corrected chi connectivity index (χ0v) is 13.5. The summed E-state index contributed by atoms with van der Waals surface area (Å²) in [5, 5.41) is 3.88. The third kappa shape index (κ3) is 4.33. The lowest BCUT2D eigenvalue weighted by Crippen LogP contribution is -2.13. The van der Waals surface area contributed by atoms with Crippen LogP contribution in [0.4, 0.5) is 5.69 Å². The predicted molar refractivity (Wildman–Crippen MR) is 89.9 cm³/mol. The minimum atomic E-state index is -0.156. The fraction of sp³-hybridized carbons (Fsp3) is 0.176. The summed E-state index contributed by atoms with van der Waals surface area (Å²) in [5.74, 6) is -0.198. The molecule has 0 unspecified atom stereocenters. The van der Waals surface area contributed by atoms with E-state index in [1.807, 2.05) is 0 Å². The molecule has 2 aromatic carbocycles. The summed E-state index contributed by atoms with van der Waals surface area (Å²) in [7, 11) is 0. The van der Waals surface area contributed by atoms with Crippen LogP contribution in [0.3, 0.4) is 0 Å². The van der Waals surface area contributed by atoms with Crippen LogP contribution in [0, 0.1) is 0 Å². The highest BCUT2D eigenvalue weighted by atomic mass is 35.5. The van der Waals surface area contributed by atoms with Gasteiger partial charge in [0.15, 0.2) is 5.78 Å². The molecule has 1 amide bonds. The Balaban J connectivity index is 1.99. The third-order valence-corrected chi connectivity index (χ3v) is 3.92. The fourth-order valence-corrected chi connectivity index (χ4v) is 2.64. The lowest BCUT2D eigenvalue weighted by atomic mass is 10.1. The van der Waals surface area contributed by atoms with Crippen molar-refractivity contribution in [2.24, 2.45) is 0 Å². The monoisotopic (exact) mass is 335 g/mol. The molecule has 0 aliphatic carbocycles. The summed E-state index contributed by atoms with van der Waals surface area (Å²) < 4.78 is 0. The molecule has 0 saturated heterocycles. The maximum Gasteiger partial charge on any atom is 0.224 e. The van der Waals surface area contributed by atoms with Crippen LogP contribution < -0.4 is 5.32 Å². The number of hydrogen-bond acceptors (Lipinski definition) is 2. The summed E-state index contributed by atoms with van der Waals surface area (Å²) >= 11 is 12.2. The molecular weight excluding hydrogens is 321 g/mol. The average Bonchev–Trinajstić information content (AvgIpc) is 2.47. The van der Waals surface area contributed by atoms with Gasteiger partial charge in [-0.3, -0.25) is 9.59 Å². The first kappa shape index (κ1) is 16.5. The van der Waals surface area contributed by atoms with Crippen molar-refractivity contribution in [2.45, 2.75) is 19.8 Å². The molecule has 2 rings (SSSR count). The number of benzene rings is 2. The first-order valence-corrected chi connectivity index (χ1v) is 7.56. The van der Waals surface area contributed by atoms with E-state index in [0.29, 0.717) is 27.7 Å². The van der Waals surface area contributed by atoms with Crippen molar-refractivity contribution in [1.29, 1.82) is 0 Å². The summed E-state index contributed by atoms with van der Waals surface area (Å²) in [5.41, 5.74) is 1.92. The molecule has 0 bridgehead atoms. The molecule has 3 nitrogen and oxygen atoms in total. The van der Waals surface area contributed by atoms with Gasteiger partial charge in [0, 0.05) is 27.7 Å².